The van der Waals surface area contributed by atoms with Gasteiger partial charge in [0.05, 0.1) is 0 Å². The zero-order valence-corrected chi connectivity index (χ0v) is 9.38. The molecule has 3 nitrogen and oxygen atoms in total. The lowest BCUT2D eigenvalue weighted by molar-refractivity contribution is 0.426. The second-order valence-electron chi connectivity index (χ2n) is 3.83. The first-order valence-electron chi connectivity index (χ1n) is 5.49. The average Bonchev–Trinajstić information content (AvgIpc) is 2.38. The first kappa shape index (κ1) is 11.7. The van der Waals surface area contributed by atoms with Crippen LogP contribution in [0.2, 0.25) is 0 Å². The van der Waals surface area contributed by atoms with Gasteiger partial charge in [0.25, 0.3) is 0 Å². The minimum absolute atomic E-state index is 0.508. The highest BCUT2D eigenvalue weighted by Gasteiger charge is 2.09. The van der Waals surface area contributed by atoms with Gasteiger partial charge in [-0.05, 0) is 23.2 Å². The van der Waals surface area contributed by atoms with Gasteiger partial charge in [-0.15, -0.1) is 0 Å². The number of anilines is 1. The van der Waals surface area contributed by atoms with Crippen molar-refractivity contribution in [3.8, 4) is 0 Å². The summed E-state index contributed by atoms with van der Waals surface area (Å²) in [6.07, 6.45) is 0. The molecule has 0 fully saturated rings. The fourth-order valence-corrected chi connectivity index (χ4v) is 1.57. The maximum atomic E-state index is 8.96. The van der Waals surface area contributed by atoms with E-state index in [2.05, 4.69) is 5.32 Å². The minimum Gasteiger partial charge on any atom is -0.423 e. The molecule has 0 amide bonds. The van der Waals surface area contributed by atoms with E-state index in [9.17, 15) is 0 Å². The molecule has 0 radical (unpaired) electrons. The van der Waals surface area contributed by atoms with Crippen LogP contribution in [0, 0.1) is 0 Å². The standard InChI is InChI=1S/C13H14BNO2/c16-14(17)12-8-6-11(7-9-12)10-15-13-4-2-1-3-5-13/h1-9,15-17H,10H2. The van der Waals surface area contributed by atoms with Gasteiger partial charge in [0.2, 0.25) is 0 Å². The first-order valence-corrected chi connectivity index (χ1v) is 5.49. The number of hydrogen-bond acceptors (Lipinski definition) is 3. The fraction of sp³-hybridized carbons (Fsp3) is 0.0769. The third-order valence-corrected chi connectivity index (χ3v) is 2.55. The van der Waals surface area contributed by atoms with E-state index in [1.54, 1.807) is 12.1 Å². The normalized spacial score (nSPS) is 10.0. The van der Waals surface area contributed by atoms with Gasteiger partial charge < -0.3 is 15.4 Å². The van der Waals surface area contributed by atoms with Crippen molar-refractivity contribution < 1.29 is 10.0 Å². The van der Waals surface area contributed by atoms with Gasteiger partial charge >= 0.3 is 7.12 Å². The van der Waals surface area contributed by atoms with Crippen LogP contribution in [0.15, 0.2) is 54.6 Å². The van der Waals surface area contributed by atoms with E-state index in [1.165, 1.54) is 0 Å². The van der Waals surface area contributed by atoms with Crippen LogP contribution in [0.1, 0.15) is 5.56 Å². The zero-order chi connectivity index (χ0) is 12.1. The summed E-state index contributed by atoms with van der Waals surface area (Å²) in [7, 11) is -1.40. The smallest absolute Gasteiger partial charge is 0.423 e. The lowest BCUT2D eigenvalue weighted by atomic mass is 9.80. The summed E-state index contributed by atoms with van der Waals surface area (Å²) < 4.78 is 0. The molecular formula is C13H14BNO2. The van der Waals surface area contributed by atoms with Crippen molar-refractivity contribution in [3.63, 3.8) is 0 Å². The molecule has 0 saturated heterocycles. The Bertz CT molecular complexity index is 457. The maximum absolute atomic E-state index is 8.96. The number of nitrogens with one attached hydrogen (secondary N) is 1. The third-order valence-electron chi connectivity index (χ3n) is 2.55. The summed E-state index contributed by atoms with van der Waals surface area (Å²) in [6, 6.07) is 17.1. The van der Waals surface area contributed by atoms with Gasteiger partial charge in [0, 0.05) is 12.2 Å². The molecular weight excluding hydrogens is 213 g/mol. The van der Waals surface area contributed by atoms with E-state index in [-0.39, 0.29) is 0 Å². The predicted molar refractivity (Wildman–Crippen MR) is 70.0 cm³/mol. The molecule has 0 atom stereocenters. The highest BCUT2D eigenvalue weighted by molar-refractivity contribution is 6.58. The van der Waals surface area contributed by atoms with Gasteiger partial charge in [-0.25, -0.2) is 0 Å². The lowest BCUT2D eigenvalue weighted by Gasteiger charge is -2.07. The first-order chi connectivity index (χ1) is 8.25. The molecule has 0 heterocycles. The lowest BCUT2D eigenvalue weighted by Crippen LogP contribution is -2.29. The van der Waals surface area contributed by atoms with Crippen molar-refractivity contribution in [1.29, 1.82) is 0 Å². The molecule has 0 saturated carbocycles. The van der Waals surface area contributed by atoms with Crippen molar-refractivity contribution in [2.24, 2.45) is 0 Å². The molecule has 0 unspecified atom stereocenters. The van der Waals surface area contributed by atoms with Crippen molar-refractivity contribution in [2.75, 3.05) is 5.32 Å². The zero-order valence-electron chi connectivity index (χ0n) is 9.38. The fourth-order valence-electron chi connectivity index (χ4n) is 1.57. The number of rotatable bonds is 4. The summed E-state index contributed by atoms with van der Waals surface area (Å²) >= 11 is 0. The number of hydrogen-bond donors (Lipinski definition) is 3. The van der Waals surface area contributed by atoms with E-state index in [0.717, 1.165) is 11.3 Å². The highest BCUT2D eigenvalue weighted by atomic mass is 16.4. The molecule has 0 bridgehead atoms. The number of benzene rings is 2. The molecule has 2 aromatic carbocycles. The second kappa shape index (κ2) is 5.52. The van der Waals surface area contributed by atoms with E-state index in [0.29, 0.717) is 12.0 Å². The van der Waals surface area contributed by atoms with Crippen LogP contribution in [0.4, 0.5) is 5.69 Å². The van der Waals surface area contributed by atoms with Crippen LogP contribution >= 0.6 is 0 Å². The largest absolute Gasteiger partial charge is 0.488 e. The Kier molecular flexibility index (Phi) is 3.80. The topological polar surface area (TPSA) is 52.5 Å². The Balaban J connectivity index is 1.96. The van der Waals surface area contributed by atoms with Crippen LogP contribution in [0.25, 0.3) is 0 Å². The van der Waals surface area contributed by atoms with E-state index in [1.807, 2.05) is 42.5 Å². The second-order valence-corrected chi connectivity index (χ2v) is 3.83. The monoisotopic (exact) mass is 227 g/mol. The van der Waals surface area contributed by atoms with Gasteiger partial charge in [-0.2, -0.15) is 0 Å². The molecule has 0 aliphatic rings. The SMILES string of the molecule is OB(O)c1ccc(CNc2ccccc2)cc1. The molecule has 86 valence electrons. The third kappa shape index (κ3) is 3.34. The Labute approximate surface area is 101 Å². The van der Waals surface area contributed by atoms with E-state index in [4.69, 9.17) is 10.0 Å². The Morgan fingerprint density at radius 3 is 2.12 bits per heavy atom. The molecule has 0 spiro atoms. The molecule has 3 N–H and O–H groups in total. The molecule has 0 aromatic heterocycles. The van der Waals surface area contributed by atoms with Crippen LogP contribution < -0.4 is 10.8 Å². The van der Waals surface area contributed by atoms with E-state index >= 15 is 0 Å². The predicted octanol–water partition coefficient (Wildman–Crippen LogP) is 0.978. The summed E-state index contributed by atoms with van der Waals surface area (Å²) in [5, 5.41) is 21.2. The molecule has 17 heavy (non-hydrogen) atoms. The van der Waals surface area contributed by atoms with Crippen LogP contribution in [0.5, 0.6) is 0 Å². The maximum Gasteiger partial charge on any atom is 0.488 e. The molecule has 2 rings (SSSR count). The summed E-state index contributed by atoms with van der Waals surface area (Å²) in [5.41, 5.74) is 2.67. The molecule has 2 aromatic rings. The van der Waals surface area contributed by atoms with Gasteiger partial charge in [-0.1, -0.05) is 42.5 Å². The van der Waals surface area contributed by atoms with E-state index < -0.39 is 7.12 Å². The molecule has 4 heteroatoms. The quantitative estimate of drug-likeness (QED) is 0.682. The minimum atomic E-state index is -1.40. The van der Waals surface area contributed by atoms with Crippen molar-refractivity contribution in [2.45, 2.75) is 6.54 Å². The van der Waals surface area contributed by atoms with Crippen molar-refractivity contribution in [3.05, 3.63) is 60.2 Å². The summed E-state index contributed by atoms with van der Waals surface area (Å²) in [6.45, 7) is 0.714. The average molecular weight is 227 g/mol. The summed E-state index contributed by atoms with van der Waals surface area (Å²) in [5.74, 6) is 0. The number of para-hydroxylation sites is 1. The van der Waals surface area contributed by atoms with Gasteiger partial charge in [0.1, 0.15) is 0 Å². The van der Waals surface area contributed by atoms with Gasteiger partial charge in [0.15, 0.2) is 0 Å². The van der Waals surface area contributed by atoms with Crippen molar-refractivity contribution >= 4 is 18.3 Å². The summed E-state index contributed by atoms with van der Waals surface area (Å²) in [4.78, 5) is 0. The molecule has 0 aliphatic heterocycles. The Morgan fingerprint density at radius 1 is 0.882 bits per heavy atom. The van der Waals surface area contributed by atoms with Crippen LogP contribution in [-0.4, -0.2) is 17.2 Å². The Morgan fingerprint density at radius 2 is 1.53 bits per heavy atom. The van der Waals surface area contributed by atoms with Crippen LogP contribution in [-0.2, 0) is 6.54 Å². The highest BCUT2D eigenvalue weighted by Crippen LogP contribution is 2.07. The van der Waals surface area contributed by atoms with Gasteiger partial charge in [-0.3, -0.25) is 0 Å². The van der Waals surface area contributed by atoms with Crippen LogP contribution in [0.3, 0.4) is 0 Å². The Hall–Kier alpha value is -1.78. The van der Waals surface area contributed by atoms with Crippen molar-refractivity contribution in [1.82, 2.24) is 0 Å². The molecule has 0 aliphatic carbocycles.